The molecule has 1 rings (SSSR count). The molecule has 94 valence electrons. The Morgan fingerprint density at radius 1 is 1.31 bits per heavy atom. The van der Waals surface area contributed by atoms with Crippen molar-refractivity contribution >= 4 is 11.8 Å². The van der Waals surface area contributed by atoms with Crippen LogP contribution in [0.4, 0.5) is 0 Å². The summed E-state index contributed by atoms with van der Waals surface area (Å²) in [7, 11) is 0. The third kappa shape index (κ3) is 4.21. The number of carbonyl (C=O) groups excluding carboxylic acids is 2. The van der Waals surface area contributed by atoms with Crippen LogP contribution < -0.4 is 5.32 Å². The molecule has 1 heterocycles. The van der Waals surface area contributed by atoms with Gasteiger partial charge in [-0.3, -0.25) is 9.59 Å². The van der Waals surface area contributed by atoms with Gasteiger partial charge in [-0.1, -0.05) is 13.8 Å². The Morgan fingerprint density at radius 2 is 1.88 bits per heavy atom. The third-order valence-electron chi connectivity index (χ3n) is 2.39. The second-order valence-corrected chi connectivity index (χ2v) is 4.03. The molecule has 1 saturated heterocycles. The Kier molecular flexibility index (Phi) is 6.77. The molecule has 4 heteroatoms. The minimum atomic E-state index is -0.241. The Hall–Kier alpha value is -1.06. The van der Waals surface area contributed by atoms with Gasteiger partial charge in [-0.15, -0.1) is 0 Å². The van der Waals surface area contributed by atoms with Crippen molar-refractivity contribution < 1.29 is 9.59 Å². The Morgan fingerprint density at radius 3 is 2.31 bits per heavy atom. The highest BCUT2D eigenvalue weighted by Gasteiger charge is 2.32. The fourth-order valence-electron chi connectivity index (χ4n) is 1.80. The van der Waals surface area contributed by atoms with E-state index in [0.29, 0.717) is 6.54 Å². The summed E-state index contributed by atoms with van der Waals surface area (Å²) in [6.45, 7) is 10.1. The maximum atomic E-state index is 11.7. The van der Waals surface area contributed by atoms with Crippen molar-refractivity contribution in [1.82, 2.24) is 10.2 Å². The van der Waals surface area contributed by atoms with Gasteiger partial charge in [0.2, 0.25) is 11.8 Å². The highest BCUT2D eigenvalue weighted by atomic mass is 16.2. The molecule has 0 spiro atoms. The van der Waals surface area contributed by atoms with Crippen LogP contribution in [0, 0.1) is 0 Å². The number of nitrogens with one attached hydrogen (secondary N) is 1. The lowest BCUT2D eigenvalue weighted by Gasteiger charge is -2.23. The first kappa shape index (κ1) is 14.9. The average Bonchev–Trinajstić information content (AvgIpc) is 2.68. The molecule has 0 aromatic carbocycles. The van der Waals surface area contributed by atoms with Crippen molar-refractivity contribution in [2.24, 2.45) is 0 Å². The number of rotatable bonds is 2. The van der Waals surface area contributed by atoms with Crippen molar-refractivity contribution in [2.45, 2.75) is 59.5 Å². The summed E-state index contributed by atoms with van der Waals surface area (Å²) >= 11 is 0. The van der Waals surface area contributed by atoms with Crippen LogP contribution >= 0.6 is 0 Å². The van der Waals surface area contributed by atoms with E-state index in [0.717, 1.165) is 12.8 Å². The zero-order valence-electron chi connectivity index (χ0n) is 11.0. The third-order valence-corrected chi connectivity index (χ3v) is 2.39. The summed E-state index contributed by atoms with van der Waals surface area (Å²) in [5.74, 6) is -0.0286. The average molecular weight is 228 g/mol. The minimum Gasteiger partial charge on any atom is -0.352 e. The van der Waals surface area contributed by atoms with Crippen molar-refractivity contribution in [2.75, 3.05) is 6.54 Å². The van der Waals surface area contributed by atoms with E-state index < -0.39 is 0 Å². The van der Waals surface area contributed by atoms with Crippen LogP contribution in [-0.4, -0.2) is 35.3 Å². The minimum absolute atomic E-state index is 0.00796. The maximum absolute atomic E-state index is 11.7. The van der Waals surface area contributed by atoms with Crippen LogP contribution in [0.1, 0.15) is 47.5 Å². The van der Waals surface area contributed by atoms with Gasteiger partial charge in [0, 0.05) is 19.5 Å². The predicted molar refractivity (Wildman–Crippen MR) is 65.0 cm³/mol. The fourth-order valence-corrected chi connectivity index (χ4v) is 1.80. The van der Waals surface area contributed by atoms with E-state index in [1.807, 2.05) is 27.7 Å². The van der Waals surface area contributed by atoms with Gasteiger partial charge >= 0.3 is 0 Å². The molecule has 1 N–H and O–H groups in total. The normalized spacial score (nSPS) is 19.1. The lowest BCUT2D eigenvalue weighted by Crippen LogP contribution is -2.47. The number of nitrogens with zero attached hydrogens (tertiary/aromatic N) is 1. The first-order valence-corrected chi connectivity index (χ1v) is 6.10. The molecule has 1 aliphatic heterocycles. The molecule has 1 atom stereocenters. The zero-order chi connectivity index (χ0) is 12.7. The number of amides is 2. The van der Waals surface area contributed by atoms with Crippen LogP contribution in [0.25, 0.3) is 0 Å². The second-order valence-electron chi connectivity index (χ2n) is 4.03. The molecule has 0 aliphatic carbocycles. The Balaban J connectivity index is 0.00000106. The number of hydrogen-bond donors (Lipinski definition) is 1. The van der Waals surface area contributed by atoms with Gasteiger partial charge < -0.3 is 10.2 Å². The van der Waals surface area contributed by atoms with Gasteiger partial charge in [0.25, 0.3) is 0 Å². The van der Waals surface area contributed by atoms with Gasteiger partial charge in [-0.05, 0) is 26.7 Å². The van der Waals surface area contributed by atoms with Crippen molar-refractivity contribution in [3.8, 4) is 0 Å². The summed E-state index contributed by atoms with van der Waals surface area (Å²) in [5.41, 5.74) is 0. The van der Waals surface area contributed by atoms with E-state index in [2.05, 4.69) is 5.32 Å². The molecule has 0 aromatic heterocycles. The molecule has 0 saturated carbocycles. The quantitative estimate of drug-likeness (QED) is 0.779. The standard InChI is InChI=1S/C10H18N2O2.C2H6/c1-7(2)11-10(14)9-5-4-6-12(9)8(3)13;1-2/h7,9H,4-6H2,1-3H3,(H,11,14);1-2H3. The highest BCUT2D eigenvalue weighted by Crippen LogP contribution is 2.17. The molecule has 0 bridgehead atoms. The van der Waals surface area contributed by atoms with Crippen molar-refractivity contribution in [3.05, 3.63) is 0 Å². The lowest BCUT2D eigenvalue weighted by atomic mass is 10.2. The Bertz CT molecular complexity index is 239. The maximum Gasteiger partial charge on any atom is 0.243 e. The highest BCUT2D eigenvalue weighted by molar-refractivity contribution is 5.87. The topological polar surface area (TPSA) is 49.4 Å². The number of likely N-dealkylation sites (tertiary alicyclic amines) is 1. The summed E-state index contributed by atoms with van der Waals surface area (Å²) in [5, 5.41) is 2.84. The van der Waals surface area contributed by atoms with Gasteiger partial charge in [0.05, 0.1) is 0 Å². The molecule has 2 amide bonds. The summed E-state index contributed by atoms with van der Waals surface area (Å²) in [4.78, 5) is 24.5. The van der Waals surface area contributed by atoms with E-state index in [4.69, 9.17) is 0 Å². The van der Waals surface area contributed by atoms with Crippen LogP contribution in [-0.2, 0) is 9.59 Å². The molecule has 1 aliphatic rings. The molecule has 0 aromatic rings. The molecular formula is C12H24N2O2. The van der Waals surface area contributed by atoms with E-state index >= 15 is 0 Å². The molecule has 1 fully saturated rings. The van der Waals surface area contributed by atoms with Crippen LogP contribution in [0.5, 0.6) is 0 Å². The van der Waals surface area contributed by atoms with Crippen LogP contribution in [0.3, 0.4) is 0 Å². The van der Waals surface area contributed by atoms with Gasteiger partial charge in [0.15, 0.2) is 0 Å². The molecular weight excluding hydrogens is 204 g/mol. The summed E-state index contributed by atoms with van der Waals surface area (Å²) < 4.78 is 0. The number of carbonyl (C=O) groups is 2. The van der Waals surface area contributed by atoms with Crippen molar-refractivity contribution in [3.63, 3.8) is 0 Å². The van der Waals surface area contributed by atoms with E-state index in [9.17, 15) is 9.59 Å². The van der Waals surface area contributed by atoms with Gasteiger partial charge in [-0.2, -0.15) is 0 Å². The monoisotopic (exact) mass is 228 g/mol. The lowest BCUT2D eigenvalue weighted by molar-refractivity contribution is -0.137. The van der Waals surface area contributed by atoms with E-state index in [-0.39, 0.29) is 23.9 Å². The molecule has 1 unspecified atom stereocenters. The predicted octanol–water partition coefficient (Wildman–Crippen LogP) is 1.55. The van der Waals surface area contributed by atoms with Crippen LogP contribution in [0.15, 0.2) is 0 Å². The van der Waals surface area contributed by atoms with E-state index in [1.165, 1.54) is 6.92 Å². The molecule has 0 radical (unpaired) electrons. The van der Waals surface area contributed by atoms with E-state index in [1.54, 1.807) is 4.90 Å². The molecule has 4 nitrogen and oxygen atoms in total. The number of hydrogen-bond acceptors (Lipinski definition) is 2. The summed E-state index contributed by atoms with van der Waals surface area (Å²) in [6.07, 6.45) is 1.72. The van der Waals surface area contributed by atoms with Crippen molar-refractivity contribution in [1.29, 1.82) is 0 Å². The zero-order valence-corrected chi connectivity index (χ0v) is 11.0. The first-order chi connectivity index (χ1) is 7.52. The molecule has 16 heavy (non-hydrogen) atoms. The SMILES string of the molecule is CC.CC(=O)N1CCCC1C(=O)NC(C)C. The fraction of sp³-hybridized carbons (Fsp3) is 0.833. The Labute approximate surface area is 98.4 Å². The van der Waals surface area contributed by atoms with Gasteiger partial charge in [-0.25, -0.2) is 0 Å². The largest absolute Gasteiger partial charge is 0.352 e. The summed E-state index contributed by atoms with van der Waals surface area (Å²) in [6, 6.07) is -0.105. The smallest absolute Gasteiger partial charge is 0.243 e. The second kappa shape index (κ2) is 7.25. The van der Waals surface area contributed by atoms with Gasteiger partial charge in [0.1, 0.15) is 6.04 Å². The first-order valence-electron chi connectivity index (χ1n) is 6.10. The van der Waals surface area contributed by atoms with Crippen LogP contribution in [0.2, 0.25) is 0 Å².